The highest BCUT2D eigenvalue weighted by Crippen LogP contribution is 2.40. The van der Waals surface area contributed by atoms with Crippen molar-refractivity contribution in [2.75, 3.05) is 26.3 Å². The molecule has 0 bridgehead atoms. The molecule has 32 heavy (non-hydrogen) atoms. The zero-order valence-electron chi connectivity index (χ0n) is 18.5. The van der Waals surface area contributed by atoms with Gasteiger partial charge in [-0.3, -0.25) is 10.00 Å². The van der Waals surface area contributed by atoms with Crippen LogP contribution in [0.5, 0.6) is 0 Å². The second kappa shape index (κ2) is 8.90. The van der Waals surface area contributed by atoms with Gasteiger partial charge in [-0.2, -0.15) is 0 Å². The molecule has 7 nitrogen and oxygen atoms in total. The Balaban J connectivity index is 1.56. The van der Waals surface area contributed by atoms with Gasteiger partial charge in [-0.1, -0.05) is 51.1 Å². The number of thiophene rings is 1. The van der Waals surface area contributed by atoms with Crippen molar-refractivity contribution in [1.82, 2.24) is 30.0 Å². The number of ether oxygens (including phenoxy) is 1. The number of fused-ring (bicyclic) bond motifs is 1. The molecule has 166 valence electrons. The number of H-pyrrole nitrogens is 1. The summed E-state index contributed by atoms with van der Waals surface area (Å²) in [7, 11) is 0. The van der Waals surface area contributed by atoms with Gasteiger partial charge in [-0.05, 0) is 17.3 Å². The fourth-order valence-electron chi connectivity index (χ4n) is 3.60. The minimum atomic E-state index is -0.0914. The number of hydrogen-bond donors (Lipinski definition) is 1. The largest absolute Gasteiger partial charge is 0.379 e. The number of benzene rings is 1. The number of morpholine rings is 1. The molecule has 0 atom stereocenters. The molecular formula is C23H26N6OS2. The van der Waals surface area contributed by atoms with Crippen LogP contribution in [0.1, 0.15) is 32.4 Å². The third kappa shape index (κ3) is 4.56. The first-order chi connectivity index (χ1) is 15.5. The van der Waals surface area contributed by atoms with E-state index in [4.69, 9.17) is 19.7 Å². The van der Waals surface area contributed by atoms with Crippen LogP contribution in [0.3, 0.4) is 0 Å². The fraction of sp³-hybridized carbons (Fsp3) is 0.391. The summed E-state index contributed by atoms with van der Waals surface area (Å²) in [6.45, 7) is 10.4. The predicted molar refractivity (Wildman–Crippen MR) is 128 cm³/mol. The van der Waals surface area contributed by atoms with Crippen molar-refractivity contribution in [3.8, 4) is 11.1 Å². The zero-order chi connectivity index (χ0) is 22.1. The molecular weight excluding hydrogens is 440 g/mol. The minimum Gasteiger partial charge on any atom is -0.379 e. The Morgan fingerprint density at radius 3 is 2.59 bits per heavy atom. The highest BCUT2D eigenvalue weighted by atomic mass is 32.2. The maximum Gasteiger partial charge on any atom is 0.214 e. The van der Waals surface area contributed by atoms with Crippen molar-refractivity contribution >= 4 is 33.3 Å². The third-order valence-corrected chi connectivity index (χ3v) is 7.09. The van der Waals surface area contributed by atoms with E-state index in [0.717, 1.165) is 64.3 Å². The molecule has 4 heterocycles. The number of hydrogen-bond acceptors (Lipinski definition) is 8. The number of nitrogens with one attached hydrogen (secondary N) is 1. The maximum atomic E-state index is 5.49. The van der Waals surface area contributed by atoms with E-state index in [0.29, 0.717) is 11.7 Å². The Morgan fingerprint density at radius 2 is 1.88 bits per heavy atom. The van der Waals surface area contributed by atoms with E-state index in [1.165, 1.54) is 11.8 Å². The summed E-state index contributed by atoms with van der Waals surface area (Å²) in [6, 6.07) is 10.4. The van der Waals surface area contributed by atoms with Crippen molar-refractivity contribution in [1.29, 1.82) is 0 Å². The lowest BCUT2D eigenvalue weighted by molar-refractivity contribution is 0.0330. The zero-order valence-corrected chi connectivity index (χ0v) is 20.1. The lowest BCUT2D eigenvalue weighted by atomic mass is 9.96. The van der Waals surface area contributed by atoms with Gasteiger partial charge in [0.2, 0.25) is 5.16 Å². The number of aromatic amines is 1. The van der Waals surface area contributed by atoms with Crippen molar-refractivity contribution in [2.24, 2.45) is 0 Å². The molecule has 0 radical (unpaired) electrons. The lowest BCUT2D eigenvalue weighted by Gasteiger charge is -2.25. The molecule has 1 saturated heterocycles. The Kier molecular flexibility index (Phi) is 5.98. The van der Waals surface area contributed by atoms with E-state index < -0.39 is 0 Å². The van der Waals surface area contributed by atoms with E-state index >= 15 is 0 Å². The van der Waals surface area contributed by atoms with Crippen LogP contribution in [0.15, 0.2) is 45.9 Å². The van der Waals surface area contributed by atoms with E-state index in [1.807, 2.05) is 6.07 Å². The standard InChI is InChI=1S/C23H26N6OS2/c1-23(2,3)21-26-22(28-27-21)32-20-18-16(15-7-5-4-6-8-15)14-31-19(18)24-17(25-20)13-29-9-11-30-12-10-29/h4-8,14H,9-13H2,1-3H3,(H,26,27,28). The third-order valence-electron chi connectivity index (χ3n) is 5.36. The second-order valence-corrected chi connectivity index (χ2v) is 10.7. The number of rotatable bonds is 5. The average Bonchev–Trinajstić information content (AvgIpc) is 3.42. The van der Waals surface area contributed by atoms with Gasteiger partial charge in [-0.15, -0.1) is 16.4 Å². The Bertz CT molecular complexity index is 1210. The fourth-order valence-corrected chi connectivity index (χ4v) is 5.49. The van der Waals surface area contributed by atoms with Gasteiger partial charge in [0.1, 0.15) is 21.5 Å². The number of nitrogens with zero attached hydrogens (tertiary/aromatic N) is 5. The van der Waals surface area contributed by atoms with Gasteiger partial charge in [0, 0.05) is 29.4 Å². The molecule has 0 unspecified atom stereocenters. The molecule has 4 aromatic rings. The van der Waals surface area contributed by atoms with Crippen LogP contribution in [0.25, 0.3) is 21.3 Å². The quantitative estimate of drug-likeness (QED) is 0.425. The monoisotopic (exact) mass is 466 g/mol. The van der Waals surface area contributed by atoms with Gasteiger partial charge in [-0.25, -0.2) is 15.0 Å². The highest BCUT2D eigenvalue weighted by molar-refractivity contribution is 7.99. The molecule has 9 heteroatoms. The van der Waals surface area contributed by atoms with Crippen molar-refractivity contribution in [3.05, 3.63) is 47.4 Å². The summed E-state index contributed by atoms with van der Waals surface area (Å²) >= 11 is 3.17. The summed E-state index contributed by atoms with van der Waals surface area (Å²) < 4.78 is 5.49. The van der Waals surface area contributed by atoms with Gasteiger partial charge in [0.15, 0.2) is 0 Å². The smallest absolute Gasteiger partial charge is 0.214 e. The Morgan fingerprint density at radius 1 is 1.09 bits per heavy atom. The van der Waals surface area contributed by atoms with Crippen molar-refractivity contribution < 1.29 is 4.74 Å². The molecule has 0 amide bonds. The summed E-state index contributed by atoms with van der Waals surface area (Å²) in [6.07, 6.45) is 0. The summed E-state index contributed by atoms with van der Waals surface area (Å²) in [4.78, 5) is 18.0. The van der Waals surface area contributed by atoms with Crippen LogP contribution >= 0.6 is 23.1 Å². The Labute approximate surface area is 195 Å². The molecule has 1 aliphatic heterocycles. The molecule has 1 aliphatic rings. The summed E-state index contributed by atoms with van der Waals surface area (Å²) in [5, 5.41) is 12.4. The SMILES string of the molecule is CC(C)(C)c1nc(Sc2nc(CN3CCOCC3)nc3scc(-c4ccccc4)c23)n[nH]1. The van der Waals surface area contributed by atoms with Crippen LogP contribution in [-0.4, -0.2) is 56.4 Å². The van der Waals surface area contributed by atoms with Crippen LogP contribution in [0, 0.1) is 0 Å². The summed E-state index contributed by atoms with van der Waals surface area (Å²) in [5.41, 5.74) is 2.22. The first-order valence-corrected chi connectivity index (χ1v) is 12.4. The average molecular weight is 467 g/mol. The van der Waals surface area contributed by atoms with Crippen LogP contribution < -0.4 is 0 Å². The van der Waals surface area contributed by atoms with E-state index in [-0.39, 0.29) is 5.41 Å². The predicted octanol–water partition coefficient (Wildman–Crippen LogP) is 4.76. The molecule has 0 aliphatic carbocycles. The highest BCUT2D eigenvalue weighted by Gasteiger charge is 2.22. The lowest BCUT2D eigenvalue weighted by Crippen LogP contribution is -2.36. The molecule has 1 fully saturated rings. The van der Waals surface area contributed by atoms with Gasteiger partial charge < -0.3 is 4.74 Å². The number of aromatic nitrogens is 5. The molecule has 3 aromatic heterocycles. The summed E-state index contributed by atoms with van der Waals surface area (Å²) in [5.74, 6) is 1.70. The Hall–Kier alpha value is -2.33. The molecule has 1 N–H and O–H groups in total. The van der Waals surface area contributed by atoms with Crippen LogP contribution in [0.4, 0.5) is 0 Å². The van der Waals surface area contributed by atoms with Crippen molar-refractivity contribution in [3.63, 3.8) is 0 Å². The van der Waals surface area contributed by atoms with Gasteiger partial charge in [0.25, 0.3) is 0 Å². The molecule has 5 rings (SSSR count). The topological polar surface area (TPSA) is 79.8 Å². The normalized spacial score (nSPS) is 15.5. The minimum absolute atomic E-state index is 0.0914. The van der Waals surface area contributed by atoms with E-state index in [9.17, 15) is 0 Å². The van der Waals surface area contributed by atoms with E-state index in [1.54, 1.807) is 11.3 Å². The van der Waals surface area contributed by atoms with E-state index in [2.05, 4.69) is 65.5 Å². The maximum absolute atomic E-state index is 5.49. The van der Waals surface area contributed by atoms with Crippen LogP contribution in [0.2, 0.25) is 0 Å². The van der Waals surface area contributed by atoms with Crippen molar-refractivity contribution in [2.45, 2.75) is 42.9 Å². The second-order valence-electron chi connectivity index (χ2n) is 8.85. The molecule has 1 aromatic carbocycles. The molecule has 0 spiro atoms. The first-order valence-electron chi connectivity index (χ1n) is 10.7. The van der Waals surface area contributed by atoms with Crippen LogP contribution in [-0.2, 0) is 16.7 Å². The van der Waals surface area contributed by atoms with Gasteiger partial charge >= 0.3 is 0 Å². The first kappa shape index (κ1) is 21.5. The molecule has 0 saturated carbocycles. The van der Waals surface area contributed by atoms with Gasteiger partial charge in [0.05, 0.1) is 25.1 Å².